The van der Waals surface area contributed by atoms with Gasteiger partial charge in [-0.05, 0) is 31.0 Å². The van der Waals surface area contributed by atoms with E-state index >= 15 is 0 Å². The number of nitrogens with one attached hydrogen (secondary N) is 1. The number of carboxylic acids is 1. The number of allylic oxidation sites excluding steroid dienone is 1. The van der Waals surface area contributed by atoms with E-state index in [1.807, 2.05) is 0 Å². The molecule has 0 saturated heterocycles. The average molecular weight is 453 g/mol. The molecule has 0 radical (unpaired) electrons. The molecule has 1 atom stereocenters. The van der Waals surface area contributed by atoms with Crippen molar-refractivity contribution < 1.29 is 24.4 Å². The number of nitro groups is 1. The highest BCUT2D eigenvalue weighted by atomic mass is 16.6. The van der Waals surface area contributed by atoms with E-state index in [-0.39, 0.29) is 29.4 Å². The summed E-state index contributed by atoms with van der Waals surface area (Å²) in [6, 6.07) is 7.34. The SMILES string of the molecule is CC1=C(C(=O)O)C(c2cccc([N+](=O)[O-])c2)N(CCCN(C)C(=O)c2cccnc2)C(=O)N1. The van der Waals surface area contributed by atoms with E-state index in [1.54, 1.807) is 31.4 Å². The molecule has 3 rings (SSSR count). The summed E-state index contributed by atoms with van der Waals surface area (Å²) in [7, 11) is 1.62. The Morgan fingerprint density at radius 1 is 1.30 bits per heavy atom. The lowest BCUT2D eigenvalue weighted by atomic mass is 9.93. The van der Waals surface area contributed by atoms with Crippen LogP contribution >= 0.6 is 0 Å². The fourth-order valence-corrected chi connectivity index (χ4v) is 3.73. The van der Waals surface area contributed by atoms with Crippen LogP contribution in [0.4, 0.5) is 10.5 Å². The summed E-state index contributed by atoms with van der Waals surface area (Å²) in [5.41, 5.74) is 0.633. The summed E-state index contributed by atoms with van der Waals surface area (Å²) < 4.78 is 0. The third kappa shape index (κ3) is 5.14. The maximum atomic E-state index is 12.8. The minimum Gasteiger partial charge on any atom is -0.478 e. The smallest absolute Gasteiger partial charge is 0.335 e. The molecular weight excluding hydrogens is 430 g/mol. The van der Waals surface area contributed by atoms with Gasteiger partial charge in [-0.1, -0.05) is 12.1 Å². The Morgan fingerprint density at radius 3 is 2.70 bits per heavy atom. The summed E-state index contributed by atoms with van der Waals surface area (Å²) in [6.07, 6.45) is 3.38. The molecule has 3 amide bonds. The Hall–Kier alpha value is -4.28. The normalized spacial score (nSPS) is 15.8. The van der Waals surface area contributed by atoms with E-state index in [0.29, 0.717) is 24.1 Å². The number of benzene rings is 1. The van der Waals surface area contributed by atoms with Gasteiger partial charge in [-0.3, -0.25) is 19.9 Å². The van der Waals surface area contributed by atoms with Gasteiger partial charge in [-0.25, -0.2) is 9.59 Å². The maximum Gasteiger partial charge on any atom is 0.335 e. The van der Waals surface area contributed by atoms with Crippen LogP contribution in [-0.2, 0) is 4.79 Å². The van der Waals surface area contributed by atoms with Crippen molar-refractivity contribution in [2.45, 2.75) is 19.4 Å². The lowest BCUT2D eigenvalue weighted by Crippen LogP contribution is -2.49. The van der Waals surface area contributed by atoms with Gasteiger partial charge in [0, 0.05) is 50.4 Å². The third-order valence-electron chi connectivity index (χ3n) is 5.32. The van der Waals surface area contributed by atoms with Crippen molar-refractivity contribution in [3.05, 3.63) is 81.3 Å². The second-order valence-corrected chi connectivity index (χ2v) is 7.54. The number of nitrogens with zero attached hydrogens (tertiary/aromatic N) is 4. The van der Waals surface area contributed by atoms with Gasteiger partial charge in [-0.2, -0.15) is 0 Å². The average Bonchev–Trinajstić information content (AvgIpc) is 2.79. The number of rotatable bonds is 8. The first-order chi connectivity index (χ1) is 15.7. The molecule has 172 valence electrons. The molecule has 33 heavy (non-hydrogen) atoms. The second-order valence-electron chi connectivity index (χ2n) is 7.54. The van der Waals surface area contributed by atoms with Crippen molar-refractivity contribution in [2.24, 2.45) is 0 Å². The van der Waals surface area contributed by atoms with Crippen LogP contribution < -0.4 is 5.32 Å². The lowest BCUT2D eigenvalue weighted by Gasteiger charge is -2.37. The Kier molecular flexibility index (Phi) is 7.01. The van der Waals surface area contributed by atoms with Crippen molar-refractivity contribution in [2.75, 3.05) is 20.1 Å². The number of hydrogen-bond donors (Lipinski definition) is 2. The van der Waals surface area contributed by atoms with Crippen LogP contribution in [0.25, 0.3) is 0 Å². The second kappa shape index (κ2) is 9.90. The number of nitro benzene ring substituents is 1. The molecule has 1 unspecified atom stereocenters. The zero-order valence-electron chi connectivity index (χ0n) is 18.1. The van der Waals surface area contributed by atoms with Crippen molar-refractivity contribution >= 4 is 23.6 Å². The van der Waals surface area contributed by atoms with Gasteiger partial charge in [0.25, 0.3) is 11.6 Å². The number of carbonyl (C=O) groups excluding carboxylic acids is 2. The molecule has 0 saturated carbocycles. The quantitative estimate of drug-likeness (QED) is 0.461. The molecule has 11 nitrogen and oxygen atoms in total. The van der Waals surface area contributed by atoms with Gasteiger partial charge < -0.3 is 20.2 Å². The predicted molar refractivity (Wildman–Crippen MR) is 117 cm³/mol. The Bertz CT molecular complexity index is 1120. The van der Waals surface area contributed by atoms with Crippen molar-refractivity contribution in [3.63, 3.8) is 0 Å². The van der Waals surface area contributed by atoms with E-state index < -0.39 is 23.0 Å². The third-order valence-corrected chi connectivity index (χ3v) is 5.32. The molecule has 0 aliphatic carbocycles. The van der Waals surface area contributed by atoms with Gasteiger partial charge in [0.15, 0.2) is 0 Å². The molecule has 11 heteroatoms. The summed E-state index contributed by atoms with van der Waals surface area (Å²) in [4.78, 5) is 54.7. The summed E-state index contributed by atoms with van der Waals surface area (Å²) in [5.74, 6) is -1.47. The van der Waals surface area contributed by atoms with Crippen molar-refractivity contribution in [3.8, 4) is 0 Å². The molecule has 0 bridgehead atoms. The number of aliphatic carboxylic acids is 1. The Balaban J connectivity index is 1.83. The lowest BCUT2D eigenvalue weighted by molar-refractivity contribution is -0.384. The maximum absolute atomic E-state index is 12.8. The number of carbonyl (C=O) groups is 3. The van der Waals surface area contributed by atoms with Gasteiger partial charge in [0.05, 0.1) is 22.1 Å². The summed E-state index contributed by atoms with van der Waals surface area (Å²) in [6.45, 7) is 1.89. The topological polar surface area (TPSA) is 146 Å². The van der Waals surface area contributed by atoms with Crippen molar-refractivity contribution in [1.82, 2.24) is 20.1 Å². The van der Waals surface area contributed by atoms with Crippen LogP contribution in [0.3, 0.4) is 0 Å². The van der Waals surface area contributed by atoms with Gasteiger partial charge >= 0.3 is 12.0 Å². The van der Waals surface area contributed by atoms with E-state index in [9.17, 15) is 29.6 Å². The highest BCUT2D eigenvalue weighted by molar-refractivity contribution is 5.94. The van der Waals surface area contributed by atoms with E-state index in [4.69, 9.17) is 0 Å². The molecule has 1 aliphatic rings. The highest BCUT2D eigenvalue weighted by Crippen LogP contribution is 2.35. The van der Waals surface area contributed by atoms with E-state index in [2.05, 4.69) is 10.3 Å². The van der Waals surface area contributed by atoms with Gasteiger partial charge in [0.2, 0.25) is 0 Å². The van der Waals surface area contributed by atoms with Crippen LogP contribution in [0.1, 0.15) is 35.3 Å². The number of carboxylic acid groups (broad SMARTS) is 1. The van der Waals surface area contributed by atoms with Crippen LogP contribution in [-0.4, -0.2) is 62.9 Å². The Morgan fingerprint density at radius 2 is 2.06 bits per heavy atom. The number of non-ortho nitro benzene ring substituents is 1. The van der Waals surface area contributed by atoms with Gasteiger partial charge in [-0.15, -0.1) is 0 Å². The molecule has 1 aromatic heterocycles. The summed E-state index contributed by atoms with van der Waals surface area (Å²) >= 11 is 0. The first-order valence-electron chi connectivity index (χ1n) is 10.1. The van der Waals surface area contributed by atoms with Crippen LogP contribution in [0.2, 0.25) is 0 Å². The molecule has 2 N–H and O–H groups in total. The number of amides is 3. The first-order valence-corrected chi connectivity index (χ1v) is 10.1. The van der Waals surface area contributed by atoms with Crippen LogP contribution in [0, 0.1) is 10.1 Å². The van der Waals surface area contributed by atoms with E-state index in [0.717, 1.165) is 0 Å². The molecule has 0 spiro atoms. The fourth-order valence-electron chi connectivity index (χ4n) is 3.73. The minimum absolute atomic E-state index is 0.0742. The zero-order valence-corrected chi connectivity index (χ0v) is 18.1. The highest BCUT2D eigenvalue weighted by Gasteiger charge is 2.38. The summed E-state index contributed by atoms with van der Waals surface area (Å²) in [5, 5.41) is 23.6. The molecule has 2 aromatic rings. The molecule has 0 fully saturated rings. The predicted octanol–water partition coefficient (Wildman–Crippen LogP) is 2.58. The number of hydrogen-bond acceptors (Lipinski definition) is 6. The molecule has 1 aliphatic heterocycles. The van der Waals surface area contributed by atoms with Gasteiger partial charge in [0.1, 0.15) is 0 Å². The Labute approximate surface area is 189 Å². The monoisotopic (exact) mass is 453 g/mol. The van der Waals surface area contributed by atoms with E-state index in [1.165, 1.54) is 41.1 Å². The van der Waals surface area contributed by atoms with Crippen molar-refractivity contribution in [1.29, 1.82) is 0 Å². The zero-order chi connectivity index (χ0) is 24.1. The molecule has 2 heterocycles. The van der Waals surface area contributed by atoms with Crippen LogP contribution in [0.5, 0.6) is 0 Å². The van der Waals surface area contributed by atoms with Crippen LogP contribution in [0.15, 0.2) is 60.1 Å². The first kappa shape index (κ1) is 23.4. The minimum atomic E-state index is -1.24. The standard InChI is InChI=1S/C22H23N5O6/c1-14-18(21(29)30)19(15-6-3-8-17(12-15)27(32)33)26(22(31)24-14)11-5-10-25(2)20(28)16-7-4-9-23-13-16/h3-4,6-9,12-13,19H,5,10-11H2,1-2H3,(H,24,31)(H,29,30). The molecule has 1 aromatic carbocycles. The number of urea groups is 1. The molecular formula is C22H23N5O6. The largest absolute Gasteiger partial charge is 0.478 e. The fraction of sp³-hybridized carbons (Fsp3) is 0.273. The number of aromatic nitrogens is 1. The number of pyridine rings is 1.